The smallest absolute Gasteiger partial charge is 0.274 e. The monoisotopic (exact) mass is 319 g/mol. The first-order valence-corrected chi connectivity index (χ1v) is 6.82. The molecule has 0 aliphatic rings. The number of primary amides is 1. The van der Waals surface area contributed by atoms with Gasteiger partial charge in [0.15, 0.2) is 5.69 Å². The van der Waals surface area contributed by atoms with Crippen LogP contribution in [-0.2, 0) is 4.79 Å². The summed E-state index contributed by atoms with van der Waals surface area (Å²) >= 11 is 6.08. The van der Waals surface area contributed by atoms with E-state index >= 15 is 0 Å². The van der Waals surface area contributed by atoms with Gasteiger partial charge in [-0.3, -0.25) is 9.59 Å². The second kappa shape index (κ2) is 6.44. The van der Waals surface area contributed by atoms with Crippen molar-refractivity contribution in [2.45, 2.75) is 13.0 Å². The van der Waals surface area contributed by atoms with Crippen LogP contribution in [0, 0.1) is 0 Å². The molecule has 4 N–H and O–H groups in total. The average Bonchev–Trinajstić information content (AvgIpc) is 2.47. The molecule has 2 aromatic rings. The number of carbonyl (C=O) groups is 2. The van der Waals surface area contributed by atoms with Gasteiger partial charge in [0.25, 0.3) is 5.91 Å². The third kappa shape index (κ3) is 3.35. The Kier molecular flexibility index (Phi) is 4.62. The number of halogens is 1. The average molecular weight is 320 g/mol. The van der Waals surface area contributed by atoms with Crippen LogP contribution in [0.2, 0.25) is 5.02 Å². The van der Waals surface area contributed by atoms with Gasteiger partial charge in [0.1, 0.15) is 11.8 Å². The molecular weight excluding hydrogens is 306 g/mol. The quantitative estimate of drug-likeness (QED) is 0.797. The molecule has 1 aromatic carbocycles. The Balaban J connectivity index is 2.29. The number of rotatable bonds is 4. The molecule has 0 aliphatic carbocycles. The number of aromatic hydroxyl groups is 1. The maximum atomic E-state index is 11.9. The number of hydrogen-bond acceptors (Lipinski definition) is 4. The Morgan fingerprint density at radius 1 is 1.36 bits per heavy atom. The lowest BCUT2D eigenvalue weighted by Crippen LogP contribution is -2.42. The van der Waals surface area contributed by atoms with Crippen LogP contribution in [0.15, 0.2) is 36.5 Å². The Hall–Kier alpha value is -2.60. The van der Waals surface area contributed by atoms with Crippen molar-refractivity contribution in [2.75, 3.05) is 0 Å². The van der Waals surface area contributed by atoms with Gasteiger partial charge in [0.2, 0.25) is 5.91 Å². The second-order valence-corrected chi connectivity index (χ2v) is 5.08. The minimum absolute atomic E-state index is 0.191. The first-order valence-electron chi connectivity index (χ1n) is 6.44. The van der Waals surface area contributed by atoms with Crippen molar-refractivity contribution in [3.05, 3.63) is 47.2 Å². The molecule has 6 nitrogen and oxygen atoms in total. The fraction of sp³-hybridized carbons (Fsp3) is 0.133. The van der Waals surface area contributed by atoms with E-state index in [0.29, 0.717) is 16.1 Å². The van der Waals surface area contributed by atoms with Gasteiger partial charge in [0, 0.05) is 22.3 Å². The number of amides is 2. The molecule has 0 bridgehead atoms. The zero-order valence-electron chi connectivity index (χ0n) is 11.7. The molecule has 1 unspecified atom stereocenters. The van der Waals surface area contributed by atoms with E-state index in [2.05, 4.69) is 10.3 Å². The van der Waals surface area contributed by atoms with Crippen molar-refractivity contribution < 1.29 is 14.7 Å². The number of nitrogens with one attached hydrogen (secondary N) is 1. The maximum absolute atomic E-state index is 11.9. The highest BCUT2D eigenvalue weighted by molar-refractivity contribution is 6.33. The summed E-state index contributed by atoms with van der Waals surface area (Å²) in [5, 5.41) is 12.8. The third-order valence-electron chi connectivity index (χ3n) is 3.04. The first kappa shape index (κ1) is 15.8. The fourth-order valence-corrected chi connectivity index (χ4v) is 2.05. The van der Waals surface area contributed by atoms with Crippen molar-refractivity contribution in [3.63, 3.8) is 0 Å². The normalized spacial score (nSPS) is 11.7. The molecule has 0 aliphatic heterocycles. The molecule has 0 saturated carbocycles. The van der Waals surface area contributed by atoms with Gasteiger partial charge in [0.05, 0.1) is 0 Å². The van der Waals surface area contributed by atoms with Crippen LogP contribution in [0.1, 0.15) is 17.4 Å². The van der Waals surface area contributed by atoms with Crippen LogP contribution >= 0.6 is 11.6 Å². The number of nitrogens with zero attached hydrogens (tertiary/aromatic N) is 1. The molecule has 0 radical (unpaired) electrons. The second-order valence-electron chi connectivity index (χ2n) is 4.67. The SMILES string of the molecule is CC(NC(=O)c1ncc(-c2ccccc2Cl)cc1O)C(N)=O. The number of aromatic nitrogens is 1. The van der Waals surface area contributed by atoms with E-state index in [0.717, 1.165) is 0 Å². The first-order chi connectivity index (χ1) is 10.4. The molecule has 114 valence electrons. The zero-order valence-corrected chi connectivity index (χ0v) is 12.5. The minimum Gasteiger partial charge on any atom is -0.505 e. The Morgan fingerprint density at radius 3 is 2.64 bits per heavy atom. The molecule has 2 rings (SSSR count). The van der Waals surface area contributed by atoms with E-state index in [1.165, 1.54) is 19.2 Å². The van der Waals surface area contributed by atoms with Crippen LogP contribution in [-0.4, -0.2) is 27.9 Å². The molecule has 1 heterocycles. The van der Waals surface area contributed by atoms with Crippen LogP contribution in [0.4, 0.5) is 0 Å². The summed E-state index contributed by atoms with van der Waals surface area (Å²) in [5.41, 5.74) is 6.13. The number of benzene rings is 1. The number of carbonyl (C=O) groups excluding carboxylic acids is 2. The lowest BCUT2D eigenvalue weighted by atomic mass is 10.1. The van der Waals surface area contributed by atoms with Crippen LogP contribution in [0.3, 0.4) is 0 Å². The van der Waals surface area contributed by atoms with Crippen molar-refractivity contribution in [2.24, 2.45) is 5.73 Å². The summed E-state index contributed by atoms with van der Waals surface area (Å²) in [5.74, 6) is -1.68. The summed E-state index contributed by atoms with van der Waals surface area (Å²) in [6.07, 6.45) is 1.42. The van der Waals surface area contributed by atoms with E-state index in [1.807, 2.05) is 0 Å². The van der Waals surface area contributed by atoms with Gasteiger partial charge >= 0.3 is 0 Å². The number of nitrogens with two attached hydrogens (primary N) is 1. The van der Waals surface area contributed by atoms with Gasteiger partial charge in [-0.05, 0) is 19.1 Å². The van der Waals surface area contributed by atoms with Crippen LogP contribution in [0.5, 0.6) is 5.75 Å². The molecule has 1 atom stereocenters. The molecule has 0 spiro atoms. The zero-order chi connectivity index (χ0) is 16.3. The summed E-state index contributed by atoms with van der Waals surface area (Å²) in [6, 6.07) is 7.59. The molecule has 2 amide bonds. The highest BCUT2D eigenvalue weighted by Gasteiger charge is 2.18. The Labute approximate surface area is 131 Å². The standard InChI is InChI=1S/C15H14ClN3O3/c1-8(14(17)21)19-15(22)13-12(20)6-9(7-18-13)10-4-2-3-5-11(10)16/h2-8,20H,1H3,(H2,17,21)(H,19,22). The molecule has 1 aromatic heterocycles. The summed E-state index contributed by atoms with van der Waals surface area (Å²) in [7, 11) is 0. The van der Waals surface area contributed by atoms with Gasteiger partial charge < -0.3 is 16.2 Å². The van der Waals surface area contributed by atoms with E-state index < -0.39 is 17.9 Å². The van der Waals surface area contributed by atoms with Crippen molar-refractivity contribution in [3.8, 4) is 16.9 Å². The molecule has 22 heavy (non-hydrogen) atoms. The predicted octanol–water partition coefficient (Wildman–Crippen LogP) is 1.71. The van der Waals surface area contributed by atoms with Gasteiger partial charge in [-0.1, -0.05) is 29.8 Å². The summed E-state index contributed by atoms with van der Waals surface area (Å²) in [6.45, 7) is 1.44. The van der Waals surface area contributed by atoms with Crippen molar-refractivity contribution in [1.82, 2.24) is 10.3 Å². The molecular formula is C15H14ClN3O3. The number of hydrogen-bond donors (Lipinski definition) is 3. The lowest BCUT2D eigenvalue weighted by Gasteiger charge is -2.11. The highest BCUT2D eigenvalue weighted by Crippen LogP contribution is 2.30. The molecule has 0 fully saturated rings. The molecule has 7 heteroatoms. The van der Waals surface area contributed by atoms with Gasteiger partial charge in [-0.15, -0.1) is 0 Å². The molecule has 0 saturated heterocycles. The number of pyridine rings is 1. The predicted molar refractivity (Wildman–Crippen MR) is 82.5 cm³/mol. The Morgan fingerprint density at radius 2 is 2.05 bits per heavy atom. The fourth-order valence-electron chi connectivity index (χ4n) is 1.81. The van der Waals surface area contributed by atoms with Crippen LogP contribution < -0.4 is 11.1 Å². The summed E-state index contributed by atoms with van der Waals surface area (Å²) in [4.78, 5) is 26.8. The van der Waals surface area contributed by atoms with Crippen LogP contribution in [0.25, 0.3) is 11.1 Å². The van der Waals surface area contributed by atoms with Crippen molar-refractivity contribution >= 4 is 23.4 Å². The Bertz CT molecular complexity index is 734. The van der Waals surface area contributed by atoms with E-state index in [-0.39, 0.29) is 11.4 Å². The van der Waals surface area contributed by atoms with E-state index in [1.54, 1.807) is 24.3 Å². The third-order valence-corrected chi connectivity index (χ3v) is 3.37. The van der Waals surface area contributed by atoms with E-state index in [9.17, 15) is 14.7 Å². The minimum atomic E-state index is -0.864. The van der Waals surface area contributed by atoms with Gasteiger partial charge in [-0.2, -0.15) is 0 Å². The largest absolute Gasteiger partial charge is 0.505 e. The lowest BCUT2D eigenvalue weighted by molar-refractivity contribution is -0.119. The highest BCUT2D eigenvalue weighted by atomic mass is 35.5. The van der Waals surface area contributed by atoms with Gasteiger partial charge in [-0.25, -0.2) is 4.98 Å². The van der Waals surface area contributed by atoms with Crippen molar-refractivity contribution in [1.29, 1.82) is 0 Å². The topological polar surface area (TPSA) is 105 Å². The summed E-state index contributed by atoms with van der Waals surface area (Å²) < 4.78 is 0. The maximum Gasteiger partial charge on any atom is 0.274 e. The van der Waals surface area contributed by atoms with E-state index in [4.69, 9.17) is 17.3 Å².